The van der Waals surface area contributed by atoms with Crippen molar-refractivity contribution in [3.8, 4) is 0 Å². The van der Waals surface area contributed by atoms with E-state index in [1.807, 2.05) is 12.3 Å². The molecule has 0 bridgehead atoms. The fourth-order valence-electron chi connectivity index (χ4n) is 2.59. The quantitative estimate of drug-likeness (QED) is 0.842. The van der Waals surface area contributed by atoms with Crippen LogP contribution in [-0.4, -0.2) is 28.1 Å². The first-order valence-corrected chi connectivity index (χ1v) is 7.22. The number of methoxy groups -OCH3 is 1. The molecule has 2 aromatic rings. The molecule has 1 saturated heterocycles. The summed E-state index contributed by atoms with van der Waals surface area (Å²) in [5.74, 6) is 1.94. The number of rotatable bonds is 5. The summed E-state index contributed by atoms with van der Waals surface area (Å²) in [6, 6.07) is 4.44. The van der Waals surface area contributed by atoms with E-state index in [1.54, 1.807) is 7.11 Å². The molecule has 0 aromatic carbocycles. The first-order valence-electron chi connectivity index (χ1n) is 6.44. The summed E-state index contributed by atoms with van der Waals surface area (Å²) in [5, 5.41) is 3.89. The van der Waals surface area contributed by atoms with Gasteiger partial charge < -0.3 is 9.15 Å². The van der Waals surface area contributed by atoms with Gasteiger partial charge in [0.15, 0.2) is 0 Å². The number of hydrogen-bond acceptors (Lipinski definition) is 6. The fourth-order valence-corrected chi connectivity index (χ4v) is 3.11. The molecule has 5 nitrogen and oxygen atoms in total. The zero-order valence-electron chi connectivity index (χ0n) is 10.9. The van der Waals surface area contributed by atoms with E-state index in [4.69, 9.17) is 9.15 Å². The van der Waals surface area contributed by atoms with Gasteiger partial charge in [-0.15, -0.1) is 5.10 Å². The third-order valence-corrected chi connectivity index (χ3v) is 4.07. The molecule has 3 heterocycles. The van der Waals surface area contributed by atoms with Gasteiger partial charge in [-0.2, -0.15) is 0 Å². The van der Waals surface area contributed by atoms with Gasteiger partial charge in [-0.25, -0.2) is 0 Å². The standard InChI is InChI=1S/C13H17N3O2S/c1-17-9-10-4-5-13(18-10)12-3-2-6-16(12)8-11-7-14-15-19-11/h4-5,7,12H,2-3,6,8-9H2,1H3. The normalized spacial score (nSPS) is 20.2. The Bertz CT molecular complexity index is 512. The largest absolute Gasteiger partial charge is 0.462 e. The highest BCUT2D eigenvalue weighted by Crippen LogP contribution is 2.34. The van der Waals surface area contributed by atoms with Crippen molar-refractivity contribution in [2.75, 3.05) is 13.7 Å². The lowest BCUT2D eigenvalue weighted by Gasteiger charge is -2.21. The number of aromatic nitrogens is 2. The van der Waals surface area contributed by atoms with Gasteiger partial charge in [-0.1, -0.05) is 4.49 Å². The van der Waals surface area contributed by atoms with Crippen LogP contribution in [0.15, 0.2) is 22.7 Å². The lowest BCUT2D eigenvalue weighted by atomic mass is 10.1. The molecule has 0 radical (unpaired) electrons. The van der Waals surface area contributed by atoms with E-state index in [0.717, 1.165) is 31.0 Å². The molecule has 1 atom stereocenters. The summed E-state index contributed by atoms with van der Waals surface area (Å²) >= 11 is 1.47. The topological polar surface area (TPSA) is 51.4 Å². The fraction of sp³-hybridized carbons (Fsp3) is 0.538. The second kappa shape index (κ2) is 5.81. The molecule has 2 aromatic heterocycles. The molecule has 1 aliphatic heterocycles. The number of nitrogens with zero attached hydrogens (tertiary/aromatic N) is 3. The maximum atomic E-state index is 5.86. The summed E-state index contributed by atoms with van der Waals surface area (Å²) in [5.41, 5.74) is 0. The van der Waals surface area contributed by atoms with E-state index in [9.17, 15) is 0 Å². The zero-order chi connectivity index (χ0) is 13.1. The van der Waals surface area contributed by atoms with Crippen LogP contribution in [0.2, 0.25) is 0 Å². The van der Waals surface area contributed by atoms with E-state index in [-0.39, 0.29) is 0 Å². The van der Waals surface area contributed by atoms with Gasteiger partial charge in [0.2, 0.25) is 0 Å². The molecule has 3 rings (SSSR count). The third-order valence-electron chi connectivity index (χ3n) is 3.43. The van der Waals surface area contributed by atoms with Gasteiger partial charge in [0.1, 0.15) is 18.1 Å². The molecule has 1 unspecified atom stereocenters. The predicted molar refractivity (Wildman–Crippen MR) is 71.7 cm³/mol. The van der Waals surface area contributed by atoms with Gasteiger partial charge in [0.25, 0.3) is 0 Å². The minimum absolute atomic E-state index is 0.368. The Kier molecular flexibility index (Phi) is 3.91. The van der Waals surface area contributed by atoms with Gasteiger partial charge in [0, 0.05) is 13.7 Å². The van der Waals surface area contributed by atoms with Crippen molar-refractivity contribution < 1.29 is 9.15 Å². The SMILES string of the molecule is COCc1ccc(C2CCCN2Cc2cnns2)o1. The smallest absolute Gasteiger partial charge is 0.129 e. The van der Waals surface area contributed by atoms with Crippen LogP contribution in [-0.2, 0) is 17.9 Å². The molecular formula is C13H17N3O2S. The van der Waals surface area contributed by atoms with Crippen LogP contribution in [0.1, 0.15) is 35.3 Å². The Morgan fingerprint density at radius 1 is 1.53 bits per heavy atom. The molecule has 0 N–H and O–H groups in total. The molecule has 19 heavy (non-hydrogen) atoms. The van der Waals surface area contributed by atoms with Gasteiger partial charge in [0.05, 0.1) is 17.1 Å². The van der Waals surface area contributed by atoms with Crippen LogP contribution in [0.3, 0.4) is 0 Å². The Balaban J connectivity index is 1.71. The van der Waals surface area contributed by atoms with Crippen molar-refractivity contribution in [1.29, 1.82) is 0 Å². The number of likely N-dealkylation sites (tertiary alicyclic amines) is 1. The molecule has 0 saturated carbocycles. The van der Waals surface area contributed by atoms with Crippen molar-refractivity contribution in [1.82, 2.24) is 14.5 Å². The second-order valence-electron chi connectivity index (χ2n) is 4.75. The van der Waals surface area contributed by atoms with Crippen molar-refractivity contribution in [2.24, 2.45) is 0 Å². The second-order valence-corrected chi connectivity index (χ2v) is 5.62. The Morgan fingerprint density at radius 2 is 2.47 bits per heavy atom. The average Bonchev–Trinajstić information content (AvgIpc) is 3.11. The number of furan rings is 1. The van der Waals surface area contributed by atoms with Crippen molar-refractivity contribution in [3.63, 3.8) is 0 Å². The monoisotopic (exact) mass is 279 g/mol. The predicted octanol–water partition coefficient (Wildman–Crippen LogP) is 2.61. The minimum Gasteiger partial charge on any atom is -0.462 e. The van der Waals surface area contributed by atoms with E-state index in [1.165, 1.54) is 22.8 Å². The summed E-state index contributed by atoms with van der Waals surface area (Å²) < 4.78 is 14.9. The van der Waals surface area contributed by atoms with Crippen molar-refractivity contribution in [3.05, 3.63) is 34.7 Å². The zero-order valence-corrected chi connectivity index (χ0v) is 11.7. The molecule has 102 valence electrons. The molecule has 0 spiro atoms. The Morgan fingerprint density at radius 3 is 3.26 bits per heavy atom. The third kappa shape index (κ3) is 2.86. The summed E-state index contributed by atoms with van der Waals surface area (Å²) in [4.78, 5) is 3.64. The average molecular weight is 279 g/mol. The van der Waals surface area contributed by atoms with E-state index in [2.05, 4.69) is 20.6 Å². The van der Waals surface area contributed by atoms with Crippen LogP contribution in [0.4, 0.5) is 0 Å². The van der Waals surface area contributed by atoms with Gasteiger partial charge >= 0.3 is 0 Å². The highest BCUT2D eigenvalue weighted by Gasteiger charge is 2.28. The van der Waals surface area contributed by atoms with Gasteiger partial charge in [-0.3, -0.25) is 4.90 Å². The number of hydrogen-bond donors (Lipinski definition) is 0. The Labute approximate surface area is 116 Å². The molecule has 1 aliphatic rings. The molecule has 6 heteroatoms. The molecule has 0 amide bonds. The van der Waals surface area contributed by atoms with Crippen LogP contribution in [0.5, 0.6) is 0 Å². The van der Waals surface area contributed by atoms with E-state index in [0.29, 0.717) is 12.6 Å². The molecular weight excluding hydrogens is 262 g/mol. The Hall–Kier alpha value is -1.24. The van der Waals surface area contributed by atoms with Crippen LogP contribution < -0.4 is 0 Å². The summed E-state index contributed by atoms with van der Waals surface area (Å²) in [6.45, 7) is 2.54. The highest BCUT2D eigenvalue weighted by molar-refractivity contribution is 7.05. The van der Waals surface area contributed by atoms with E-state index < -0.39 is 0 Å². The molecule has 1 fully saturated rings. The maximum absolute atomic E-state index is 5.86. The van der Waals surface area contributed by atoms with Crippen LogP contribution in [0.25, 0.3) is 0 Å². The maximum Gasteiger partial charge on any atom is 0.129 e. The minimum atomic E-state index is 0.368. The summed E-state index contributed by atoms with van der Waals surface area (Å²) in [7, 11) is 1.68. The first-order chi connectivity index (χ1) is 9.36. The lowest BCUT2D eigenvalue weighted by Crippen LogP contribution is -2.21. The van der Waals surface area contributed by atoms with Crippen molar-refractivity contribution >= 4 is 11.5 Å². The van der Waals surface area contributed by atoms with E-state index >= 15 is 0 Å². The van der Waals surface area contributed by atoms with Gasteiger partial charge in [-0.05, 0) is 43.1 Å². The van der Waals surface area contributed by atoms with Crippen molar-refractivity contribution in [2.45, 2.75) is 32.0 Å². The first kappa shape index (κ1) is 12.8. The van der Waals surface area contributed by atoms with Crippen LogP contribution >= 0.6 is 11.5 Å². The number of ether oxygens (including phenoxy) is 1. The van der Waals surface area contributed by atoms with Crippen LogP contribution in [0, 0.1) is 0 Å². The summed E-state index contributed by atoms with van der Waals surface area (Å²) in [6.07, 6.45) is 4.20. The lowest BCUT2D eigenvalue weighted by molar-refractivity contribution is 0.155. The highest BCUT2D eigenvalue weighted by atomic mass is 32.1. The molecule has 0 aliphatic carbocycles.